The molecule has 2 fully saturated rings. The summed E-state index contributed by atoms with van der Waals surface area (Å²) in [5.41, 5.74) is 10.2. The Morgan fingerprint density at radius 2 is 1.09 bits per heavy atom. The summed E-state index contributed by atoms with van der Waals surface area (Å²) in [6.45, 7) is 11.3. The molecule has 6 aromatic rings. The summed E-state index contributed by atoms with van der Waals surface area (Å²) < 4.78 is 24.2. The van der Waals surface area contributed by atoms with Crippen molar-refractivity contribution in [1.82, 2.24) is 105 Å². The average Bonchev–Trinajstić information content (AvgIpc) is 1.61. The van der Waals surface area contributed by atoms with Gasteiger partial charge in [-0.3, -0.25) is 63.1 Å². The number of aromatic nitrogens is 5. The molecule has 3 aromatic carbocycles. The summed E-state index contributed by atoms with van der Waals surface area (Å²) in [6.07, 6.45) is 4.23. The van der Waals surface area contributed by atoms with E-state index in [2.05, 4.69) is 112 Å². The number of carbonyl (C=O) groups is 16. The van der Waals surface area contributed by atoms with Gasteiger partial charge in [-0.2, -0.15) is 0 Å². The van der Waals surface area contributed by atoms with Crippen LogP contribution in [0.4, 0.5) is 9.59 Å². The highest BCUT2D eigenvalue weighted by molar-refractivity contribution is 8.00. The molecule has 44 nitrogen and oxygen atoms in total. The zero-order chi connectivity index (χ0) is 95.9. The van der Waals surface area contributed by atoms with Gasteiger partial charge < -0.3 is 113 Å². The fourth-order valence-electron chi connectivity index (χ4n) is 15.4. The molecular formula is C88H122N20O24S. The quantitative estimate of drug-likeness (QED) is 0.0133. The van der Waals surface area contributed by atoms with Crippen LogP contribution in [-0.2, 0) is 125 Å². The summed E-state index contributed by atoms with van der Waals surface area (Å²) in [5, 5.41) is 79.6. The van der Waals surface area contributed by atoms with Crippen LogP contribution < -0.4 is 74.7 Å². The number of H-pyrrole nitrogens is 2. The molecule has 20 N–H and O–H groups in total. The molecule has 10 atom stereocenters. The van der Waals surface area contributed by atoms with E-state index in [1.165, 1.54) is 5.69 Å². The van der Waals surface area contributed by atoms with Crippen LogP contribution >= 0.6 is 11.8 Å². The van der Waals surface area contributed by atoms with E-state index in [4.69, 9.17) is 24.1 Å². The van der Waals surface area contributed by atoms with Gasteiger partial charge >= 0.3 is 36.0 Å². The number of ether oxygens (including phenoxy) is 4. The van der Waals surface area contributed by atoms with E-state index >= 15 is 0 Å². The number of thioether (sulfide) groups is 1. The molecule has 133 heavy (non-hydrogen) atoms. The first kappa shape index (κ1) is 104. The smallest absolute Gasteiger partial charge is 0.407 e. The Bertz CT molecular complexity index is 4970. The number of aromatic amines is 2. The molecule has 1 aliphatic heterocycles. The number of carboxylic acid groups (broad SMARTS) is 4. The second-order valence-electron chi connectivity index (χ2n) is 33.4. The van der Waals surface area contributed by atoms with E-state index < -0.39 is 175 Å². The minimum absolute atomic E-state index is 0.00191. The van der Waals surface area contributed by atoms with Crippen LogP contribution in [0.2, 0.25) is 0 Å². The van der Waals surface area contributed by atoms with Gasteiger partial charge in [-0.1, -0.05) is 85.8 Å². The number of nitrogens with zero attached hydrogens (tertiary/aromatic N) is 4. The minimum atomic E-state index is -1.75. The Morgan fingerprint density at radius 1 is 0.541 bits per heavy atom. The maximum atomic E-state index is 14.8. The van der Waals surface area contributed by atoms with Gasteiger partial charge in [0, 0.05) is 129 Å². The number of carbonyl (C=O) groups excluding carboxylic acids is 12. The number of alkyl carbamates (subject to hydrolysis) is 1. The molecular weight excluding hydrogens is 1750 g/mol. The van der Waals surface area contributed by atoms with E-state index in [9.17, 15) is 92.0 Å². The Balaban J connectivity index is 0.647. The Kier molecular flexibility index (Phi) is 41.5. The zero-order valence-electron chi connectivity index (χ0n) is 74.8. The van der Waals surface area contributed by atoms with Gasteiger partial charge in [-0.05, 0) is 118 Å². The number of hydrogen-bond acceptors (Lipinski definition) is 26. The van der Waals surface area contributed by atoms with E-state index in [1.54, 1.807) is 91.3 Å². The third-order valence-electron chi connectivity index (χ3n) is 22.7. The highest BCUT2D eigenvalue weighted by atomic mass is 32.2. The number of fused-ring (bicyclic) bond motifs is 4. The third kappa shape index (κ3) is 35.1. The van der Waals surface area contributed by atoms with E-state index in [1.807, 2.05) is 15.3 Å². The molecule has 1 saturated heterocycles. The molecule has 1 saturated carbocycles. The van der Waals surface area contributed by atoms with Crippen molar-refractivity contribution in [1.29, 1.82) is 0 Å². The normalized spacial score (nSPS) is 16.5. The molecule has 0 radical (unpaired) electrons. The van der Waals surface area contributed by atoms with Crippen molar-refractivity contribution in [2.75, 3.05) is 104 Å². The molecule has 9 rings (SSSR count). The SMILES string of the molecule is CC(C)NCCC(C)(C)NCCn1nnc2c1CC[C@H]1[C@@H](CC2)[C@H]1COC(=O)NCCOCCNC(=O)CCOCCOCCNC(=O)CCN1C(=O)CC(SCC(NC(=O)CNC(=O)C(Cc2c[nH]c3ccccc23)NC(=O)C(Cc2c[nH]c3ccccc23)NC(=O)CNC(=O)C(Cc2ccccc2)NNC(=O)CC[C@H](NC(=O)N[C@@H](CCC(=O)O)C(=O)O)C(=O)O)C(=O)O)C1=O. The van der Waals surface area contributed by atoms with Crippen LogP contribution in [-0.4, -0.2) is 303 Å². The molecule has 0 bridgehead atoms. The zero-order valence-corrected chi connectivity index (χ0v) is 75.6. The molecule has 13 amide bonds. The van der Waals surface area contributed by atoms with Crippen LogP contribution in [0.3, 0.4) is 0 Å². The largest absolute Gasteiger partial charge is 0.481 e. The number of para-hydroxylation sites is 2. The second-order valence-corrected chi connectivity index (χ2v) is 34.7. The van der Waals surface area contributed by atoms with Crippen LogP contribution in [0.1, 0.15) is 120 Å². The van der Waals surface area contributed by atoms with Crippen LogP contribution in [0.25, 0.3) is 21.8 Å². The molecule has 2 aliphatic carbocycles. The molecule has 3 aliphatic rings. The first-order chi connectivity index (χ1) is 63.8. The van der Waals surface area contributed by atoms with Crippen molar-refractivity contribution in [3.05, 3.63) is 119 Å². The minimum Gasteiger partial charge on any atom is -0.481 e. The van der Waals surface area contributed by atoms with Crippen LogP contribution in [0, 0.1) is 17.8 Å². The summed E-state index contributed by atoms with van der Waals surface area (Å²) in [4.78, 5) is 215. The lowest BCUT2D eigenvalue weighted by atomic mass is 10.0. The monoisotopic (exact) mass is 1870 g/mol. The molecule has 0 spiro atoms. The molecule has 724 valence electrons. The first-order valence-electron chi connectivity index (χ1n) is 44.4. The lowest BCUT2D eigenvalue weighted by Crippen LogP contribution is -2.57. The number of hydrazine groups is 1. The maximum absolute atomic E-state index is 14.8. The summed E-state index contributed by atoms with van der Waals surface area (Å²) in [7, 11) is 0. The van der Waals surface area contributed by atoms with Crippen molar-refractivity contribution < 1.29 is 116 Å². The number of urea groups is 1. The van der Waals surface area contributed by atoms with Gasteiger partial charge in [-0.15, -0.1) is 16.9 Å². The fourth-order valence-corrected chi connectivity index (χ4v) is 16.6. The van der Waals surface area contributed by atoms with Gasteiger partial charge in [0.1, 0.15) is 36.3 Å². The Labute approximate surface area is 770 Å². The molecule has 5 unspecified atom stereocenters. The fraction of sp³-hybridized carbons (Fsp3) is 0.545. The topological polar surface area (TPSA) is 625 Å². The lowest BCUT2D eigenvalue weighted by molar-refractivity contribution is -0.141. The number of benzene rings is 3. The molecule has 45 heteroatoms. The highest BCUT2D eigenvalue weighted by Crippen LogP contribution is 2.53. The standard InChI is InChI=1S/C88H122N20O24S/c1-52(2)89-29-28-88(3,4)97-30-35-108-70-23-19-59-58(18-20-63(70)104-106-108)60(59)50-132-87(128)92-33-39-130-37-31-91-73(110)27-36-129-40-41-131-38-32-90-72(109)26-34-107-77(114)45-71(82(107)120)133-51-69(85(125)126)99-76(113)49-95-79(117)66(43-54-46-93-61-16-10-8-14-56(54)61)100-81(119)67(44-55-47-94-62-17-11-9-15-57(55)62)98-75(112)48-96-80(118)68(42-53-12-6-5-7-13-53)103-105-74(111)24-21-64(83(121)122)101-86(127)102-65(84(123)124)22-25-78(115)116/h5-17,46-47,52,58-60,64-69,71,89,93-94,97,103H,18-45,48-51H2,1-4H3,(H,90,109)(H,91,110)(H,92,128)(H,95,117)(H,96,118)(H,98,112)(H,99,113)(H,100,119)(H,105,111)(H,115,116)(H,121,122)(H,123,124)(H,125,126)(H2,101,102,127)/t58-,59+,60-,64+,65+,66?,67?,68?,69?,71?/m1/s1. The number of hydrogen-bond donors (Lipinski definition) is 20. The number of aryl methyl sites for hydroxylation is 1. The van der Waals surface area contributed by atoms with Gasteiger partial charge in [0.2, 0.25) is 59.1 Å². The van der Waals surface area contributed by atoms with Crippen molar-refractivity contribution in [2.45, 2.75) is 184 Å². The van der Waals surface area contributed by atoms with Gasteiger partial charge in [0.05, 0.1) is 82.5 Å². The lowest BCUT2D eigenvalue weighted by Gasteiger charge is -2.27. The summed E-state index contributed by atoms with van der Waals surface area (Å²) in [6, 6.07) is 12.3. The van der Waals surface area contributed by atoms with Crippen LogP contribution in [0.15, 0.2) is 91.3 Å². The summed E-state index contributed by atoms with van der Waals surface area (Å²) in [5.74, 6) is -12.6. The molecule has 3 aromatic heterocycles. The van der Waals surface area contributed by atoms with Gasteiger partial charge in [0.25, 0.3) is 0 Å². The highest BCUT2D eigenvalue weighted by Gasteiger charge is 2.51. The second kappa shape index (κ2) is 53.1. The van der Waals surface area contributed by atoms with Gasteiger partial charge in [-0.25, -0.2) is 34.1 Å². The first-order valence-corrected chi connectivity index (χ1v) is 45.5. The average molecular weight is 1880 g/mol. The number of nitrogens with one attached hydrogen (secondary N) is 16. The van der Waals surface area contributed by atoms with Crippen molar-refractivity contribution >= 4 is 129 Å². The van der Waals surface area contributed by atoms with Crippen molar-refractivity contribution in [3.63, 3.8) is 0 Å². The maximum Gasteiger partial charge on any atom is 0.407 e. The number of aliphatic carboxylic acids is 4. The van der Waals surface area contributed by atoms with E-state index in [0.717, 1.165) is 74.1 Å². The van der Waals surface area contributed by atoms with Crippen molar-refractivity contribution in [3.8, 4) is 0 Å². The number of carboxylic acids is 4. The summed E-state index contributed by atoms with van der Waals surface area (Å²) >= 11 is 0.789. The Hall–Kier alpha value is -12.7. The predicted octanol–water partition coefficient (Wildman–Crippen LogP) is -0.273. The van der Waals surface area contributed by atoms with Crippen molar-refractivity contribution in [2.24, 2.45) is 17.8 Å². The Morgan fingerprint density at radius 3 is 1.70 bits per heavy atom. The number of imide groups is 1. The van der Waals surface area contributed by atoms with Crippen LogP contribution in [0.5, 0.6) is 0 Å². The third-order valence-corrected chi connectivity index (χ3v) is 24.0. The molecule has 4 heterocycles. The van der Waals surface area contributed by atoms with E-state index in [0.29, 0.717) is 68.9 Å². The van der Waals surface area contributed by atoms with E-state index in [-0.39, 0.29) is 116 Å². The number of likely N-dealkylation sites (tertiary alicyclic amines) is 1. The van der Waals surface area contributed by atoms with Gasteiger partial charge in [0.15, 0.2) is 0 Å². The number of amides is 13. The number of rotatable bonds is 60. The predicted molar refractivity (Wildman–Crippen MR) is 481 cm³/mol.